The highest BCUT2D eigenvalue weighted by Crippen LogP contribution is 2.01. The lowest BCUT2D eigenvalue weighted by Gasteiger charge is -1.98. The molecule has 0 aliphatic heterocycles. The van der Waals surface area contributed by atoms with Crippen LogP contribution in [0.1, 0.15) is 0 Å². The van der Waals surface area contributed by atoms with Crippen LogP contribution in [0.4, 0.5) is 4.79 Å². The molecule has 0 saturated carbocycles. The van der Waals surface area contributed by atoms with Crippen LogP contribution in [0.15, 0.2) is 15.9 Å². The minimum Gasteiger partial charge on any atom is -0.291 e. The number of aromatic amines is 2. The summed E-state index contributed by atoms with van der Waals surface area (Å²) in [7, 11) is 0. The van der Waals surface area contributed by atoms with Crippen LogP contribution < -0.4 is 16.7 Å². The van der Waals surface area contributed by atoms with Crippen molar-refractivity contribution in [3.8, 4) is 0 Å². The largest absolute Gasteiger partial charge is 0.352 e. The molecule has 0 aliphatic carbocycles. The summed E-state index contributed by atoms with van der Waals surface area (Å²) in [5.41, 5.74) is -0.312. The van der Waals surface area contributed by atoms with Crippen molar-refractivity contribution in [3.05, 3.63) is 27.2 Å². The summed E-state index contributed by atoms with van der Waals surface area (Å²) in [6.45, 7) is 0. The quantitative estimate of drug-likeness (QED) is 0.306. The van der Waals surface area contributed by atoms with Crippen molar-refractivity contribution in [2.75, 3.05) is 0 Å². The number of amides is 1. The molecule has 1 amide bonds. The fourth-order valence-electron chi connectivity index (χ4n) is 1.14. The monoisotopic (exact) mass is 211 g/mol. The molecule has 0 aliphatic rings. The van der Waals surface area contributed by atoms with Gasteiger partial charge in [0.2, 0.25) is 0 Å². The molecule has 9 heteroatoms. The highest BCUT2D eigenvalue weighted by molar-refractivity contribution is 5.85. The van der Waals surface area contributed by atoms with Crippen molar-refractivity contribution in [3.63, 3.8) is 0 Å². The lowest BCUT2D eigenvalue weighted by Crippen LogP contribution is -2.27. The van der Waals surface area contributed by atoms with Crippen LogP contribution in [-0.4, -0.2) is 30.8 Å². The Labute approximate surface area is 80.3 Å². The van der Waals surface area contributed by atoms with E-state index in [9.17, 15) is 14.4 Å². The average Bonchev–Trinajstić information content (AvgIpc) is 2.60. The Kier molecular flexibility index (Phi) is 1.87. The maximum atomic E-state index is 11.2. The second-order valence-electron chi connectivity index (χ2n) is 2.64. The molecule has 0 unspecified atom stereocenters. The maximum absolute atomic E-state index is 11.2. The third-order valence-corrected chi connectivity index (χ3v) is 1.76. The zero-order chi connectivity index (χ0) is 11.0. The first kappa shape index (κ1) is 9.15. The molecule has 9 nitrogen and oxygen atoms in total. The highest BCUT2D eigenvalue weighted by Gasteiger charge is 2.12. The maximum Gasteiger partial charge on any atom is 0.352 e. The van der Waals surface area contributed by atoms with Crippen LogP contribution in [0.5, 0.6) is 0 Å². The smallest absolute Gasteiger partial charge is 0.291 e. The van der Waals surface area contributed by atoms with E-state index in [1.807, 2.05) is 4.98 Å². The Morgan fingerprint density at radius 3 is 2.87 bits per heavy atom. The number of H-pyrrole nitrogens is 2. The van der Waals surface area contributed by atoms with E-state index in [2.05, 4.69) is 9.97 Å². The molecule has 2 rings (SSSR count). The number of hydrogen-bond donors (Lipinski definition) is 4. The summed E-state index contributed by atoms with van der Waals surface area (Å²) in [6, 6.07) is -0.932. The lowest BCUT2D eigenvalue weighted by molar-refractivity contribution is 0.163. The fourth-order valence-corrected chi connectivity index (χ4v) is 1.14. The van der Waals surface area contributed by atoms with Gasteiger partial charge in [0.15, 0.2) is 11.2 Å². The van der Waals surface area contributed by atoms with E-state index in [0.29, 0.717) is 0 Å². The van der Waals surface area contributed by atoms with Crippen molar-refractivity contribution >= 4 is 17.2 Å². The van der Waals surface area contributed by atoms with Crippen LogP contribution in [-0.2, 0) is 0 Å². The number of carbonyl (C=O) groups excluding carboxylic acids is 1. The second kappa shape index (κ2) is 3.06. The lowest BCUT2D eigenvalue weighted by atomic mass is 10.5. The zero-order valence-electron chi connectivity index (χ0n) is 7.14. The molecule has 0 aromatic carbocycles. The third kappa shape index (κ3) is 1.30. The molecule has 0 bridgehead atoms. The van der Waals surface area contributed by atoms with Gasteiger partial charge in [-0.25, -0.2) is 24.6 Å². The standard InChI is InChI=1S/C6H5N5O4/c12-4-2-3(8-5(13)9-4)11(1-7-2)6(14)10-15/h1,15H,(H,10,14)(H2,8,9,12,13). The molecule has 2 heterocycles. The summed E-state index contributed by atoms with van der Waals surface area (Å²) < 4.78 is 0.798. The van der Waals surface area contributed by atoms with Gasteiger partial charge in [-0.3, -0.25) is 20.0 Å². The van der Waals surface area contributed by atoms with Gasteiger partial charge < -0.3 is 0 Å². The van der Waals surface area contributed by atoms with Gasteiger partial charge in [-0.05, 0) is 0 Å². The van der Waals surface area contributed by atoms with Gasteiger partial charge in [0.25, 0.3) is 5.56 Å². The Morgan fingerprint density at radius 1 is 1.47 bits per heavy atom. The molecule has 2 aromatic heterocycles. The SMILES string of the molecule is O=C(NO)n1cnc2c(=O)[nH]c(=O)[nH]c21. The predicted octanol–water partition coefficient (Wildman–Crippen LogP) is -1.64. The van der Waals surface area contributed by atoms with Gasteiger partial charge >= 0.3 is 11.7 Å². The van der Waals surface area contributed by atoms with Crippen molar-refractivity contribution in [1.82, 2.24) is 25.0 Å². The molecule has 0 saturated heterocycles. The molecule has 2 aromatic rings. The molecule has 0 atom stereocenters. The molecule has 0 radical (unpaired) electrons. The van der Waals surface area contributed by atoms with E-state index in [1.54, 1.807) is 0 Å². The van der Waals surface area contributed by atoms with Crippen molar-refractivity contribution < 1.29 is 10.0 Å². The first-order chi connectivity index (χ1) is 7.13. The summed E-state index contributed by atoms with van der Waals surface area (Å²) in [5, 5.41) is 8.38. The van der Waals surface area contributed by atoms with Crippen LogP contribution in [0.3, 0.4) is 0 Å². The minimum atomic E-state index is -0.932. The number of nitrogens with zero attached hydrogens (tertiary/aromatic N) is 2. The van der Waals surface area contributed by atoms with E-state index in [-0.39, 0.29) is 11.2 Å². The fraction of sp³-hybridized carbons (Fsp3) is 0. The number of rotatable bonds is 0. The number of carbonyl (C=O) groups is 1. The molecule has 0 fully saturated rings. The van der Waals surface area contributed by atoms with Crippen LogP contribution in [0, 0.1) is 0 Å². The average molecular weight is 211 g/mol. The Hall–Kier alpha value is -2.42. The van der Waals surface area contributed by atoms with Gasteiger partial charge in [0.05, 0.1) is 0 Å². The number of hydroxylamine groups is 1. The highest BCUT2D eigenvalue weighted by atomic mass is 16.5. The van der Waals surface area contributed by atoms with Crippen molar-refractivity contribution in [1.29, 1.82) is 0 Å². The predicted molar refractivity (Wildman–Crippen MR) is 46.7 cm³/mol. The molecule has 15 heavy (non-hydrogen) atoms. The normalized spacial score (nSPS) is 10.5. The summed E-state index contributed by atoms with van der Waals surface area (Å²) in [4.78, 5) is 40.9. The van der Waals surface area contributed by atoms with Crippen molar-refractivity contribution in [2.24, 2.45) is 0 Å². The van der Waals surface area contributed by atoms with Crippen LogP contribution in [0.2, 0.25) is 0 Å². The topological polar surface area (TPSA) is 133 Å². The van der Waals surface area contributed by atoms with Gasteiger partial charge in [0.1, 0.15) is 6.33 Å². The van der Waals surface area contributed by atoms with E-state index >= 15 is 0 Å². The zero-order valence-corrected chi connectivity index (χ0v) is 7.14. The van der Waals surface area contributed by atoms with E-state index in [4.69, 9.17) is 5.21 Å². The number of aromatic nitrogens is 4. The first-order valence-electron chi connectivity index (χ1n) is 3.77. The molecular weight excluding hydrogens is 206 g/mol. The molecular formula is C6H5N5O4. The number of nitrogens with one attached hydrogen (secondary N) is 3. The van der Waals surface area contributed by atoms with Crippen LogP contribution >= 0.6 is 0 Å². The first-order valence-corrected chi connectivity index (χ1v) is 3.77. The number of fused-ring (bicyclic) bond motifs is 1. The Morgan fingerprint density at radius 2 is 2.20 bits per heavy atom. The van der Waals surface area contributed by atoms with Gasteiger partial charge in [0, 0.05) is 0 Å². The van der Waals surface area contributed by atoms with Crippen molar-refractivity contribution in [2.45, 2.75) is 0 Å². The van der Waals surface area contributed by atoms with E-state index in [1.165, 1.54) is 5.48 Å². The molecule has 78 valence electrons. The summed E-state index contributed by atoms with van der Waals surface area (Å²) in [6.07, 6.45) is 1.00. The second-order valence-corrected chi connectivity index (χ2v) is 2.64. The van der Waals surface area contributed by atoms with Gasteiger partial charge in [-0.1, -0.05) is 0 Å². The van der Waals surface area contributed by atoms with E-state index < -0.39 is 17.3 Å². The Balaban J connectivity index is 2.86. The van der Waals surface area contributed by atoms with E-state index in [0.717, 1.165) is 10.9 Å². The summed E-state index contributed by atoms with van der Waals surface area (Å²) >= 11 is 0. The number of imidazole rings is 1. The minimum absolute atomic E-state index is 0.0877. The third-order valence-electron chi connectivity index (χ3n) is 1.76. The van der Waals surface area contributed by atoms with Gasteiger partial charge in [-0.15, -0.1) is 0 Å². The van der Waals surface area contributed by atoms with Crippen LogP contribution in [0.25, 0.3) is 11.2 Å². The molecule has 0 spiro atoms. The number of hydrogen-bond acceptors (Lipinski definition) is 5. The molecule has 4 N–H and O–H groups in total. The Bertz CT molecular complexity index is 635. The van der Waals surface area contributed by atoms with Gasteiger partial charge in [-0.2, -0.15) is 0 Å². The summed E-state index contributed by atoms with van der Waals surface area (Å²) in [5.74, 6) is 0.